The number of benzene rings is 7. The van der Waals surface area contributed by atoms with Crippen molar-refractivity contribution in [2.24, 2.45) is 0 Å². The van der Waals surface area contributed by atoms with Crippen molar-refractivity contribution in [3.63, 3.8) is 0 Å². The van der Waals surface area contributed by atoms with Crippen LogP contribution >= 0.6 is 7.92 Å². The molecule has 0 atom stereocenters. The van der Waals surface area contributed by atoms with Gasteiger partial charge in [-0.1, -0.05) is 212 Å². The number of aromatic nitrogens is 2. The molecule has 0 spiro atoms. The van der Waals surface area contributed by atoms with Crippen molar-refractivity contribution in [2.45, 2.75) is 12.8 Å². The quantitative estimate of drug-likeness (QED) is 0.139. The second-order valence-electron chi connectivity index (χ2n) is 13.7. The van der Waals surface area contributed by atoms with Crippen LogP contribution < -0.4 is 15.9 Å². The molecule has 9 rings (SSSR count). The first kappa shape index (κ1) is 34.3. The van der Waals surface area contributed by atoms with Gasteiger partial charge < -0.3 is 0 Å². The molecule has 0 amide bonds. The molecular formula is C52H39N2P. The van der Waals surface area contributed by atoms with Gasteiger partial charge in [-0.25, -0.2) is 9.97 Å². The lowest BCUT2D eigenvalue weighted by Gasteiger charge is -2.19. The average Bonchev–Trinajstić information content (AvgIpc) is 3.28. The maximum absolute atomic E-state index is 5.44. The molecule has 0 radical (unpaired) electrons. The van der Waals surface area contributed by atoms with E-state index in [1.165, 1.54) is 32.6 Å². The molecule has 0 N–H and O–H groups in total. The molecule has 2 nitrogen and oxygen atoms in total. The average molecular weight is 723 g/mol. The van der Waals surface area contributed by atoms with E-state index in [0.29, 0.717) is 0 Å². The first-order valence-corrected chi connectivity index (χ1v) is 20.2. The highest BCUT2D eigenvalue weighted by Gasteiger charge is 2.21. The van der Waals surface area contributed by atoms with E-state index >= 15 is 0 Å². The molecule has 0 saturated heterocycles. The van der Waals surface area contributed by atoms with Gasteiger partial charge in [0.1, 0.15) is 0 Å². The minimum Gasteiger partial charge on any atom is -0.243 e. The van der Waals surface area contributed by atoms with Gasteiger partial charge in [0.25, 0.3) is 0 Å². The summed E-state index contributed by atoms with van der Waals surface area (Å²) in [4.78, 5) is 10.8. The highest BCUT2D eigenvalue weighted by molar-refractivity contribution is 7.79. The van der Waals surface area contributed by atoms with Gasteiger partial charge in [-0.2, -0.15) is 0 Å². The van der Waals surface area contributed by atoms with E-state index in [-0.39, 0.29) is 0 Å². The first-order chi connectivity index (χ1) is 27.3. The van der Waals surface area contributed by atoms with Gasteiger partial charge in [0.05, 0.1) is 22.8 Å². The minimum absolute atomic E-state index is 0.630. The molecule has 1 heterocycles. The molecule has 0 aliphatic heterocycles. The first-order valence-electron chi connectivity index (χ1n) is 18.9. The zero-order valence-corrected chi connectivity index (χ0v) is 31.4. The summed E-state index contributed by atoms with van der Waals surface area (Å²) in [7, 11) is -0.630. The summed E-state index contributed by atoms with van der Waals surface area (Å²) in [5.41, 5.74) is 12.6. The summed E-state index contributed by atoms with van der Waals surface area (Å²) < 4.78 is 0. The Bertz CT molecular complexity index is 2540. The molecule has 55 heavy (non-hydrogen) atoms. The molecule has 7 aromatic carbocycles. The van der Waals surface area contributed by atoms with Crippen molar-refractivity contribution < 1.29 is 0 Å². The lowest BCUT2D eigenvalue weighted by molar-refractivity contribution is 1.03. The molecule has 3 heteroatoms. The second-order valence-corrected chi connectivity index (χ2v) is 15.9. The van der Waals surface area contributed by atoms with Gasteiger partial charge in [-0.15, -0.1) is 0 Å². The van der Waals surface area contributed by atoms with E-state index in [2.05, 4.69) is 200 Å². The van der Waals surface area contributed by atoms with Crippen LogP contribution in [0.4, 0.5) is 0 Å². The Morgan fingerprint density at radius 3 is 1.09 bits per heavy atom. The fourth-order valence-corrected chi connectivity index (χ4v) is 9.58. The van der Waals surface area contributed by atoms with Crippen LogP contribution in [0.2, 0.25) is 0 Å². The molecule has 8 aromatic rings. The zero-order valence-electron chi connectivity index (χ0n) is 30.5. The molecule has 262 valence electrons. The fourth-order valence-electron chi connectivity index (χ4n) is 7.30. The van der Waals surface area contributed by atoms with Crippen LogP contribution in [-0.4, -0.2) is 9.97 Å². The van der Waals surface area contributed by atoms with Gasteiger partial charge in [0.2, 0.25) is 0 Å². The smallest absolute Gasteiger partial charge is 0.0973 e. The monoisotopic (exact) mass is 722 g/mol. The van der Waals surface area contributed by atoms with Crippen LogP contribution in [0.25, 0.3) is 61.6 Å². The Hall–Kier alpha value is -6.47. The fraction of sp³-hybridized carbons (Fsp3) is 0.0385. The lowest BCUT2D eigenvalue weighted by Crippen LogP contribution is -2.20. The molecule has 1 aromatic heterocycles. The molecular weight excluding hydrogens is 684 g/mol. The van der Waals surface area contributed by atoms with Crippen LogP contribution in [0.1, 0.15) is 18.5 Å². The number of hydrogen-bond acceptors (Lipinski definition) is 2. The predicted octanol–water partition coefficient (Wildman–Crippen LogP) is 12.3. The van der Waals surface area contributed by atoms with Crippen molar-refractivity contribution >= 4 is 29.4 Å². The summed E-state index contributed by atoms with van der Waals surface area (Å²) in [6.45, 7) is 0. The van der Waals surface area contributed by atoms with Crippen molar-refractivity contribution in [1.82, 2.24) is 9.97 Å². The Morgan fingerprint density at radius 1 is 0.309 bits per heavy atom. The number of hydrogen-bond donors (Lipinski definition) is 0. The van der Waals surface area contributed by atoms with Gasteiger partial charge >= 0.3 is 0 Å². The molecule has 1 aliphatic carbocycles. The molecule has 0 saturated carbocycles. The number of allylic oxidation sites excluding steroid dienone is 4. The molecule has 1 aliphatic rings. The highest BCUT2D eigenvalue weighted by Crippen LogP contribution is 2.38. The Balaban J connectivity index is 1.02. The Labute approximate surface area is 325 Å². The summed E-state index contributed by atoms with van der Waals surface area (Å²) >= 11 is 0. The van der Waals surface area contributed by atoms with Crippen LogP contribution in [0.15, 0.2) is 212 Å². The SMILES string of the molecule is C1=CC(c2nc(-c3ccc(-c4ccc(-c5ccc(P(c6ccccc6)c6ccccc6)cc5)cc4)cc3)c(-c3ccccc3)nc2-c2ccccc2)=CCC1. The van der Waals surface area contributed by atoms with Crippen molar-refractivity contribution in [3.8, 4) is 56.0 Å². The van der Waals surface area contributed by atoms with Crippen LogP contribution in [-0.2, 0) is 0 Å². The third kappa shape index (κ3) is 7.38. The maximum Gasteiger partial charge on any atom is 0.0973 e. The van der Waals surface area contributed by atoms with Crippen LogP contribution in [0.5, 0.6) is 0 Å². The Kier molecular flexibility index (Phi) is 9.90. The minimum atomic E-state index is -0.630. The third-order valence-electron chi connectivity index (χ3n) is 10.1. The number of rotatable bonds is 9. The lowest BCUT2D eigenvalue weighted by atomic mass is 9.96. The zero-order chi connectivity index (χ0) is 36.8. The topological polar surface area (TPSA) is 25.8 Å². The van der Waals surface area contributed by atoms with E-state index in [1.54, 1.807) is 0 Å². The van der Waals surface area contributed by atoms with Gasteiger partial charge in [0, 0.05) is 16.7 Å². The van der Waals surface area contributed by atoms with Gasteiger partial charge in [-0.3, -0.25) is 0 Å². The van der Waals surface area contributed by atoms with Crippen molar-refractivity contribution in [3.05, 3.63) is 218 Å². The van der Waals surface area contributed by atoms with E-state index in [4.69, 9.17) is 9.97 Å². The number of nitrogens with zero attached hydrogens (tertiary/aromatic N) is 2. The van der Waals surface area contributed by atoms with Gasteiger partial charge in [0.15, 0.2) is 0 Å². The van der Waals surface area contributed by atoms with Crippen LogP contribution in [0.3, 0.4) is 0 Å². The highest BCUT2D eigenvalue weighted by atomic mass is 31.1. The second kappa shape index (κ2) is 15.9. The summed E-state index contributed by atoms with van der Waals surface area (Å²) in [6, 6.07) is 69.4. The maximum atomic E-state index is 5.44. The van der Waals surface area contributed by atoms with Crippen molar-refractivity contribution in [1.29, 1.82) is 0 Å². The summed E-state index contributed by atoms with van der Waals surface area (Å²) in [5, 5.41) is 4.07. The Morgan fingerprint density at radius 2 is 0.655 bits per heavy atom. The summed E-state index contributed by atoms with van der Waals surface area (Å²) in [6.07, 6.45) is 8.77. The van der Waals surface area contributed by atoms with E-state index in [9.17, 15) is 0 Å². The van der Waals surface area contributed by atoms with Crippen molar-refractivity contribution in [2.75, 3.05) is 0 Å². The normalized spacial score (nSPS) is 12.4. The summed E-state index contributed by atoms with van der Waals surface area (Å²) in [5.74, 6) is 0. The standard InChI is InChI=1S/C52H39N2P/c1-6-16-42(17-7-1)49-50(43-18-8-2-9-19-43)54-52(51(53-49)44-20-10-3-11-21-44)45-32-30-40(31-33-45)38-26-28-39(29-27-38)41-34-36-48(37-35-41)55(46-22-12-4-13-23-46)47-24-14-5-15-25-47/h1,3-8,10-37H,2,9H2. The molecule has 0 fully saturated rings. The molecule has 0 bridgehead atoms. The van der Waals surface area contributed by atoms with Gasteiger partial charge in [-0.05, 0) is 64.5 Å². The van der Waals surface area contributed by atoms with E-state index in [0.717, 1.165) is 63.4 Å². The van der Waals surface area contributed by atoms with E-state index in [1.807, 2.05) is 12.1 Å². The third-order valence-corrected chi connectivity index (χ3v) is 12.6. The van der Waals surface area contributed by atoms with Crippen LogP contribution in [0, 0.1) is 0 Å². The molecule has 0 unspecified atom stereocenters. The largest absolute Gasteiger partial charge is 0.243 e. The van der Waals surface area contributed by atoms with E-state index < -0.39 is 7.92 Å². The predicted molar refractivity (Wildman–Crippen MR) is 234 cm³/mol.